The molecule has 1 aliphatic heterocycles. The second kappa shape index (κ2) is 4.46. The minimum Gasteiger partial charge on any atom is -0.417 e. The number of nitrogens with one attached hydrogen (secondary N) is 1. The van der Waals surface area contributed by atoms with Crippen LogP contribution in [-0.4, -0.2) is 19.7 Å². The molecule has 1 N–H and O–H groups in total. The molecule has 1 atom stereocenters. The third kappa shape index (κ3) is 5.57. The summed E-state index contributed by atoms with van der Waals surface area (Å²) in [6.07, 6.45) is 2.63. The maximum absolute atomic E-state index is 6.00. The average molecular weight is 211 g/mol. The third-order valence-electron chi connectivity index (χ3n) is 2.57. The van der Waals surface area contributed by atoms with E-state index in [0.717, 1.165) is 19.3 Å². The van der Waals surface area contributed by atoms with Gasteiger partial charge in [0.2, 0.25) is 0 Å². The molecule has 0 saturated carbocycles. The first-order chi connectivity index (χ1) is 6.66. The second-order valence-electron chi connectivity index (χ2n) is 7.18. The molecule has 3 heteroatoms. The fraction of sp³-hybridized carbons (Fsp3) is 1.00. The van der Waals surface area contributed by atoms with Gasteiger partial charge in [-0.05, 0) is 23.6 Å². The van der Waals surface area contributed by atoms with E-state index >= 15 is 0 Å². The molecule has 0 amide bonds. The summed E-state index contributed by atoms with van der Waals surface area (Å²) in [7, 11) is 0.261. The van der Waals surface area contributed by atoms with E-state index in [-0.39, 0.29) is 7.05 Å². The Balaban J connectivity index is 2.33. The van der Waals surface area contributed by atoms with Crippen molar-refractivity contribution < 1.29 is 4.65 Å². The lowest BCUT2D eigenvalue weighted by Crippen LogP contribution is -2.32. The van der Waals surface area contributed by atoms with Gasteiger partial charge < -0.3 is 9.88 Å². The molecule has 15 heavy (non-hydrogen) atoms. The zero-order valence-electron chi connectivity index (χ0n) is 11.2. The molecule has 1 saturated heterocycles. The highest BCUT2D eigenvalue weighted by Crippen LogP contribution is 2.27. The van der Waals surface area contributed by atoms with Gasteiger partial charge in [-0.15, -0.1) is 0 Å². The lowest BCUT2D eigenvalue weighted by Gasteiger charge is -2.24. The normalized spacial score (nSPS) is 23.6. The molecule has 2 nitrogen and oxygen atoms in total. The predicted molar refractivity (Wildman–Crippen MR) is 67.0 cm³/mol. The Labute approximate surface area is 95.3 Å². The Bertz CT molecular complexity index is 183. The molecule has 0 aromatic rings. The van der Waals surface area contributed by atoms with E-state index in [1.165, 1.54) is 0 Å². The molecule has 0 bridgehead atoms. The lowest BCUT2D eigenvalue weighted by atomic mass is 9.68. The highest BCUT2D eigenvalue weighted by Gasteiger charge is 2.34. The molecule has 1 unspecified atom stereocenters. The van der Waals surface area contributed by atoms with Crippen molar-refractivity contribution in [3.63, 3.8) is 0 Å². The van der Waals surface area contributed by atoms with Crippen LogP contribution >= 0.6 is 0 Å². The lowest BCUT2D eigenvalue weighted by molar-refractivity contribution is 0.171. The Morgan fingerprint density at radius 1 is 1.13 bits per heavy atom. The van der Waals surface area contributed by atoms with E-state index in [0.29, 0.717) is 16.9 Å². The Kier molecular flexibility index (Phi) is 3.88. The van der Waals surface area contributed by atoms with Crippen LogP contribution in [0.25, 0.3) is 0 Å². The van der Waals surface area contributed by atoms with E-state index in [2.05, 4.69) is 46.8 Å². The fourth-order valence-corrected chi connectivity index (χ4v) is 2.07. The summed E-state index contributed by atoms with van der Waals surface area (Å²) in [5.74, 6) is 0. The van der Waals surface area contributed by atoms with Crippen molar-refractivity contribution >= 4 is 7.05 Å². The third-order valence-corrected chi connectivity index (χ3v) is 2.57. The van der Waals surface area contributed by atoms with Crippen molar-refractivity contribution in [2.75, 3.05) is 6.54 Å². The fourth-order valence-electron chi connectivity index (χ4n) is 2.07. The molecule has 0 aromatic heterocycles. The maximum Gasteiger partial charge on any atom is 0.380 e. The quantitative estimate of drug-likeness (QED) is 0.709. The van der Waals surface area contributed by atoms with Crippen LogP contribution in [0.2, 0.25) is 6.32 Å². The van der Waals surface area contributed by atoms with Gasteiger partial charge >= 0.3 is 7.05 Å². The van der Waals surface area contributed by atoms with Gasteiger partial charge in [-0.1, -0.05) is 41.5 Å². The van der Waals surface area contributed by atoms with E-state index in [1.807, 2.05) is 0 Å². The zero-order chi connectivity index (χ0) is 11.7. The summed E-state index contributed by atoms with van der Waals surface area (Å²) in [4.78, 5) is 0. The molecule has 0 aliphatic carbocycles. The molecule has 1 fully saturated rings. The first-order valence-corrected chi connectivity index (χ1v) is 6.05. The SMILES string of the molecule is CC(C)(C)CB1NCC(CC(C)(C)C)O1. The molecule has 0 spiro atoms. The van der Waals surface area contributed by atoms with Gasteiger partial charge in [-0.25, -0.2) is 0 Å². The van der Waals surface area contributed by atoms with E-state index in [1.54, 1.807) is 0 Å². The van der Waals surface area contributed by atoms with Crippen LogP contribution in [-0.2, 0) is 4.65 Å². The summed E-state index contributed by atoms with van der Waals surface area (Å²) in [6, 6.07) is 0. The van der Waals surface area contributed by atoms with Crippen molar-refractivity contribution in [2.45, 2.75) is 60.4 Å². The van der Waals surface area contributed by atoms with Gasteiger partial charge in [0.25, 0.3) is 0 Å². The summed E-state index contributed by atoms with van der Waals surface area (Å²) in [5, 5.41) is 3.46. The van der Waals surface area contributed by atoms with Crippen LogP contribution in [0.1, 0.15) is 48.0 Å². The molecule has 1 aliphatic rings. The van der Waals surface area contributed by atoms with Gasteiger partial charge in [0.15, 0.2) is 0 Å². The van der Waals surface area contributed by atoms with Crippen LogP contribution in [0.3, 0.4) is 0 Å². The van der Waals surface area contributed by atoms with Gasteiger partial charge in [0, 0.05) is 6.54 Å². The van der Waals surface area contributed by atoms with Gasteiger partial charge in [0.05, 0.1) is 6.10 Å². The predicted octanol–water partition coefficient (Wildman–Crippen LogP) is 2.95. The summed E-state index contributed by atoms with van der Waals surface area (Å²) < 4.78 is 6.00. The van der Waals surface area contributed by atoms with Gasteiger partial charge in [0.1, 0.15) is 0 Å². The van der Waals surface area contributed by atoms with Crippen LogP contribution < -0.4 is 5.23 Å². The van der Waals surface area contributed by atoms with Crippen molar-refractivity contribution in [3.05, 3.63) is 0 Å². The van der Waals surface area contributed by atoms with Crippen LogP contribution in [0, 0.1) is 10.8 Å². The summed E-state index contributed by atoms with van der Waals surface area (Å²) >= 11 is 0. The zero-order valence-corrected chi connectivity index (χ0v) is 11.2. The van der Waals surface area contributed by atoms with Crippen molar-refractivity contribution in [2.24, 2.45) is 10.8 Å². The first-order valence-electron chi connectivity index (χ1n) is 6.05. The molecule has 0 radical (unpaired) electrons. The molecule has 88 valence electrons. The molecular weight excluding hydrogens is 185 g/mol. The highest BCUT2D eigenvalue weighted by atomic mass is 16.5. The minimum atomic E-state index is 0.261. The minimum absolute atomic E-state index is 0.261. The van der Waals surface area contributed by atoms with Crippen LogP contribution in [0.15, 0.2) is 0 Å². The Morgan fingerprint density at radius 3 is 2.20 bits per heavy atom. The molecule has 1 rings (SSSR count). The van der Waals surface area contributed by atoms with Crippen LogP contribution in [0.4, 0.5) is 0 Å². The highest BCUT2D eigenvalue weighted by molar-refractivity contribution is 6.49. The molecule has 1 heterocycles. The topological polar surface area (TPSA) is 21.3 Å². The smallest absolute Gasteiger partial charge is 0.380 e. The monoisotopic (exact) mass is 211 g/mol. The maximum atomic E-state index is 6.00. The number of hydrogen-bond donors (Lipinski definition) is 1. The summed E-state index contributed by atoms with van der Waals surface area (Å²) in [5.41, 5.74) is 0.706. The second-order valence-corrected chi connectivity index (χ2v) is 7.18. The Morgan fingerprint density at radius 2 is 1.73 bits per heavy atom. The number of rotatable bonds is 2. The van der Waals surface area contributed by atoms with E-state index in [4.69, 9.17) is 4.65 Å². The average Bonchev–Trinajstić information content (AvgIpc) is 2.28. The van der Waals surface area contributed by atoms with E-state index < -0.39 is 0 Å². The number of hydrogen-bond acceptors (Lipinski definition) is 2. The van der Waals surface area contributed by atoms with Gasteiger partial charge in [-0.2, -0.15) is 0 Å². The van der Waals surface area contributed by atoms with Crippen molar-refractivity contribution in [3.8, 4) is 0 Å². The molecular formula is C12H26BNO. The van der Waals surface area contributed by atoms with Crippen molar-refractivity contribution in [1.82, 2.24) is 5.23 Å². The van der Waals surface area contributed by atoms with E-state index in [9.17, 15) is 0 Å². The standard InChI is InChI=1S/C12H26BNO/c1-11(2,3)7-10-8-14-13(15-10)9-12(4,5)6/h10,14H,7-9H2,1-6H3. The molecule has 0 aromatic carbocycles. The largest absolute Gasteiger partial charge is 0.417 e. The Hall–Kier alpha value is -0.0151. The summed E-state index contributed by atoms with van der Waals surface area (Å²) in [6.45, 7) is 14.6. The van der Waals surface area contributed by atoms with Gasteiger partial charge in [-0.3, -0.25) is 0 Å². The van der Waals surface area contributed by atoms with Crippen LogP contribution in [0.5, 0.6) is 0 Å². The van der Waals surface area contributed by atoms with Crippen molar-refractivity contribution in [1.29, 1.82) is 0 Å². The first kappa shape index (κ1) is 13.1.